The predicted molar refractivity (Wildman–Crippen MR) is 59.9 cm³/mol. The summed E-state index contributed by atoms with van der Waals surface area (Å²) >= 11 is 1.64. The normalized spacial score (nSPS) is 10.4. The first kappa shape index (κ1) is 9.18. The van der Waals surface area contributed by atoms with E-state index in [1.165, 1.54) is 0 Å². The Bertz CT molecular complexity index is 436. The maximum absolute atomic E-state index is 5.77. The first-order valence-electron chi connectivity index (χ1n) is 4.29. The van der Waals surface area contributed by atoms with Gasteiger partial charge in [-0.05, 0) is 29.1 Å². The molecule has 2 aromatic rings. The molecular formula is C10H11N3S. The summed E-state index contributed by atoms with van der Waals surface area (Å²) in [6, 6.07) is 5.90. The maximum atomic E-state index is 5.77. The van der Waals surface area contributed by atoms with Crippen molar-refractivity contribution < 1.29 is 0 Å². The molecule has 0 saturated heterocycles. The van der Waals surface area contributed by atoms with Crippen LogP contribution in [-0.4, -0.2) is 4.98 Å². The van der Waals surface area contributed by atoms with Gasteiger partial charge in [0, 0.05) is 23.2 Å². The lowest BCUT2D eigenvalue weighted by atomic mass is 10.1. The zero-order valence-corrected chi connectivity index (χ0v) is 8.42. The van der Waals surface area contributed by atoms with E-state index >= 15 is 0 Å². The summed E-state index contributed by atoms with van der Waals surface area (Å²) in [6.07, 6.45) is 1.69. The standard InChI is InChI=1S/C10H11N3S/c11-5-8-4-7(6-14-8)9-2-1-3-13-10(9)12/h1-4,6H,5,11H2,(H2,12,13). The first-order chi connectivity index (χ1) is 6.81. The van der Waals surface area contributed by atoms with E-state index in [0.717, 1.165) is 16.0 Å². The molecule has 0 aromatic carbocycles. The number of aromatic nitrogens is 1. The van der Waals surface area contributed by atoms with E-state index in [0.29, 0.717) is 12.4 Å². The minimum Gasteiger partial charge on any atom is -0.383 e. The van der Waals surface area contributed by atoms with E-state index in [1.54, 1.807) is 17.5 Å². The Labute approximate surface area is 86.4 Å². The van der Waals surface area contributed by atoms with Crippen LogP contribution >= 0.6 is 11.3 Å². The topological polar surface area (TPSA) is 64.9 Å². The van der Waals surface area contributed by atoms with Gasteiger partial charge in [-0.25, -0.2) is 4.98 Å². The molecule has 2 aromatic heterocycles. The van der Waals surface area contributed by atoms with Crippen molar-refractivity contribution in [2.75, 3.05) is 5.73 Å². The van der Waals surface area contributed by atoms with Crippen LogP contribution in [0.25, 0.3) is 11.1 Å². The third-order valence-electron chi connectivity index (χ3n) is 2.00. The minimum atomic E-state index is 0.564. The lowest BCUT2D eigenvalue weighted by molar-refractivity contribution is 1.11. The van der Waals surface area contributed by atoms with Crippen molar-refractivity contribution in [2.24, 2.45) is 5.73 Å². The molecule has 0 aliphatic rings. The van der Waals surface area contributed by atoms with E-state index < -0.39 is 0 Å². The van der Waals surface area contributed by atoms with Crippen molar-refractivity contribution in [2.45, 2.75) is 6.54 Å². The van der Waals surface area contributed by atoms with Gasteiger partial charge in [-0.2, -0.15) is 0 Å². The van der Waals surface area contributed by atoms with Crippen LogP contribution in [0.5, 0.6) is 0 Å². The average Bonchev–Trinajstić information content (AvgIpc) is 2.67. The number of rotatable bonds is 2. The van der Waals surface area contributed by atoms with Gasteiger partial charge >= 0.3 is 0 Å². The van der Waals surface area contributed by atoms with Crippen LogP contribution in [0.15, 0.2) is 29.8 Å². The second-order valence-corrected chi connectivity index (χ2v) is 3.94. The maximum Gasteiger partial charge on any atom is 0.131 e. The molecule has 2 heterocycles. The summed E-state index contributed by atoms with van der Waals surface area (Å²) < 4.78 is 0. The molecule has 72 valence electrons. The van der Waals surface area contributed by atoms with Crippen molar-refractivity contribution in [1.29, 1.82) is 0 Å². The van der Waals surface area contributed by atoms with Crippen molar-refractivity contribution in [1.82, 2.24) is 4.98 Å². The Morgan fingerprint density at radius 1 is 1.43 bits per heavy atom. The second kappa shape index (κ2) is 3.77. The highest BCUT2D eigenvalue weighted by Crippen LogP contribution is 2.28. The summed E-state index contributed by atoms with van der Waals surface area (Å²) in [4.78, 5) is 5.20. The molecule has 0 spiro atoms. The number of anilines is 1. The summed E-state index contributed by atoms with van der Waals surface area (Å²) in [5.74, 6) is 0.564. The van der Waals surface area contributed by atoms with Crippen LogP contribution in [-0.2, 0) is 6.54 Å². The fraction of sp³-hybridized carbons (Fsp3) is 0.100. The van der Waals surface area contributed by atoms with Crippen LogP contribution in [0, 0.1) is 0 Å². The minimum absolute atomic E-state index is 0.564. The molecule has 0 fully saturated rings. The summed E-state index contributed by atoms with van der Waals surface area (Å²) in [7, 11) is 0. The third-order valence-corrected chi connectivity index (χ3v) is 2.96. The number of hydrogen-bond donors (Lipinski definition) is 2. The molecular weight excluding hydrogens is 194 g/mol. The fourth-order valence-electron chi connectivity index (χ4n) is 1.29. The Kier molecular flexibility index (Phi) is 2.47. The quantitative estimate of drug-likeness (QED) is 0.786. The van der Waals surface area contributed by atoms with Crippen LogP contribution in [0.2, 0.25) is 0 Å². The Balaban J connectivity index is 2.44. The van der Waals surface area contributed by atoms with Gasteiger partial charge in [0.25, 0.3) is 0 Å². The van der Waals surface area contributed by atoms with E-state index in [1.807, 2.05) is 12.1 Å². The van der Waals surface area contributed by atoms with Gasteiger partial charge in [-0.15, -0.1) is 11.3 Å². The van der Waals surface area contributed by atoms with Crippen molar-refractivity contribution >= 4 is 17.2 Å². The zero-order valence-electron chi connectivity index (χ0n) is 7.60. The largest absolute Gasteiger partial charge is 0.383 e. The van der Waals surface area contributed by atoms with Crippen molar-refractivity contribution in [3.8, 4) is 11.1 Å². The number of nitrogens with zero attached hydrogens (tertiary/aromatic N) is 1. The highest BCUT2D eigenvalue weighted by Gasteiger charge is 2.04. The smallest absolute Gasteiger partial charge is 0.131 e. The van der Waals surface area contributed by atoms with Gasteiger partial charge in [0.1, 0.15) is 5.82 Å². The van der Waals surface area contributed by atoms with Gasteiger partial charge in [-0.1, -0.05) is 0 Å². The molecule has 0 amide bonds. The van der Waals surface area contributed by atoms with Crippen LogP contribution in [0.4, 0.5) is 5.82 Å². The highest BCUT2D eigenvalue weighted by atomic mass is 32.1. The molecule has 4 heteroatoms. The molecule has 2 rings (SSSR count). The molecule has 0 saturated carbocycles. The SMILES string of the molecule is NCc1cc(-c2cccnc2N)cs1. The molecule has 0 bridgehead atoms. The van der Waals surface area contributed by atoms with Crippen LogP contribution in [0.3, 0.4) is 0 Å². The van der Waals surface area contributed by atoms with E-state index in [9.17, 15) is 0 Å². The summed E-state index contributed by atoms with van der Waals surface area (Å²) in [6.45, 7) is 0.574. The number of nitrogen functional groups attached to an aromatic ring is 1. The van der Waals surface area contributed by atoms with E-state index in [-0.39, 0.29) is 0 Å². The average molecular weight is 205 g/mol. The van der Waals surface area contributed by atoms with Crippen molar-refractivity contribution in [3.05, 3.63) is 34.7 Å². The zero-order chi connectivity index (χ0) is 9.97. The summed E-state index contributed by atoms with van der Waals surface area (Å²) in [5.41, 5.74) is 13.4. The number of thiophene rings is 1. The van der Waals surface area contributed by atoms with Gasteiger partial charge in [0.15, 0.2) is 0 Å². The lowest BCUT2D eigenvalue weighted by Crippen LogP contribution is -1.93. The van der Waals surface area contributed by atoms with Gasteiger partial charge in [0.2, 0.25) is 0 Å². The molecule has 14 heavy (non-hydrogen) atoms. The molecule has 0 aliphatic carbocycles. The molecule has 0 unspecified atom stereocenters. The molecule has 3 nitrogen and oxygen atoms in total. The van der Waals surface area contributed by atoms with E-state index in [2.05, 4.69) is 16.4 Å². The first-order valence-corrected chi connectivity index (χ1v) is 5.17. The molecule has 0 atom stereocenters. The third kappa shape index (κ3) is 1.62. The predicted octanol–water partition coefficient (Wildman–Crippen LogP) is 1.85. The summed E-state index contributed by atoms with van der Waals surface area (Å²) in [5, 5.41) is 2.05. The Morgan fingerprint density at radius 3 is 2.93 bits per heavy atom. The Hall–Kier alpha value is -1.39. The second-order valence-electron chi connectivity index (χ2n) is 2.94. The van der Waals surface area contributed by atoms with Crippen LogP contribution in [0.1, 0.15) is 4.88 Å². The Morgan fingerprint density at radius 2 is 2.29 bits per heavy atom. The number of nitrogens with two attached hydrogens (primary N) is 2. The highest BCUT2D eigenvalue weighted by molar-refractivity contribution is 7.10. The van der Waals surface area contributed by atoms with Crippen molar-refractivity contribution in [3.63, 3.8) is 0 Å². The van der Waals surface area contributed by atoms with Crippen LogP contribution < -0.4 is 11.5 Å². The number of pyridine rings is 1. The lowest BCUT2D eigenvalue weighted by Gasteiger charge is -2.00. The monoisotopic (exact) mass is 205 g/mol. The van der Waals surface area contributed by atoms with Gasteiger partial charge < -0.3 is 11.5 Å². The van der Waals surface area contributed by atoms with E-state index in [4.69, 9.17) is 11.5 Å². The number of hydrogen-bond acceptors (Lipinski definition) is 4. The molecule has 4 N–H and O–H groups in total. The molecule has 0 radical (unpaired) electrons. The molecule has 0 aliphatic heterocycles. The fourth-order valence-corrected chi connectivity index (χ4v) is 2.06. The van der Waals surface area contributed by atoms with Gasteiger partial charge in [0.05, 0.1) is 0 Å². The van der Waals surface area contributed by atoms with Gasteiger partial charge in [-0.3, -0.25) is 0 Å².